The first-order valence-electron chi connectivity index (χ1n) is 2.58. The summed E-state index contributed by atoms with van der Waals surface area (Å²) in [4.78, 5) is 0. The average Bonchev–Trinajstić information content (AvgIpc) is 1.90. The van der Waals surface area contributed by atoms with Crippen LogP contribution in [0.25, 0.3) is 0 Å². The summed E-state index contributed by atoms with van der Waals surface area (Å²) in [6.07, 6.45) is 0. The second-order valence-electron chi connectivity index (χ2n) is 1.64. The van der Waals surface area contributed by atoms with Crippen LogP contribution < -0.4 is 0 Å². The van der Waals surface area contributed by atoms with Gasteiger partial charge in [0.05, 0.1) is 6.61 Å². The summed E-state index contributed by atoms with van der Waals surface area (Å²) in [5.74, 6) is 0. The zero-order valence-corrected chi connectivity index (χ0v) is 6.00. The third-order valence-corrected chi connectivity index (χ3v) is 1.03. The zero-order valence-electron chi connectivity index (χ0n) is 4.89. The predicted octanol–water partition coefficient (Wildman–Crippen LogP) is 1.18. The molecule has 0 amide bonds. The standard InChI is InChI=1S/C7H8O.Fe/c8-6-7-4-2-1-3-5-7;/h1-5,8H,6H2;. The van der Waals surface area contributed by atoms with E-state index >= 15 is 0 Å². The smallest absolute Gasteiger partial charge is 0.0681 e. The molecule has 1 rings (SSSR count). The van der Waals surface area contributed by atoms with Crippen molar-refractivity contribution in [1.29, 1.82) is 0 Å². The molecule has 50 valence electrons. The van der Waals surface area contributed by atoms with Gasteiger partial charge in [-0.2, -0.15) is 0 Å². The van der Waals surface area contributed by atoms with Crippen molar-refractivity contribution in [3.63, 3.8) is 0 Å². The molecule has 0 fully saturated rings. The fourth-order valence-electron chi connectivity index (χ4n) is 0.583. The maximum absolute atomic E-state index is 8.54. The van der Waals surface area contributed by atoms with Crippen molar-refractivity contribution in [3.05, 3.63) is 35.9 Å². The molecule has 0 aromatic heterocycles. The van der Waals surface area contributed by atoms with Gasteiger partial charge in [-0.05, 0) is 5.56 Å². The Morgan fingerprint density at radius 3 is 2.00 bits per heavy atom. The first-order chi connectivity index (χ1) is 3.93. The van der Waals surface area contributed by atoms with Crippen molar-refractivity contribution >= 4 is 0 Å². The van der Waals surface area contributed by atoms with Gasteiger partial charge in [0.25, 0.3) is 0 Å². The molecule has 1 aromatic carbocycles. The van der Waals surface area contributed by atoms with E-state index in [1.807, 2.05) is 30.3 Å². The molecule has 0 saturated heterocycles. The maximum Gasteiger partial charge on any atom is 0.0681 e. The molecule has 2 heteroatoms. The van der Waals surface area contributed by atoms with Crippen LogP contribution in [0.3, 0.4) is 0 Å². The number of hydrogen-bond donors (Lipinski definition) is 1. The zero-order chi connectivity index (χ0) is 5.82. The largest absolute Gasteiger partial charge is 0.392 e. The molecule has 1 N–H and O–H groups in total. The van der Waals surface area contributed by atoms with E-state index in [1.54, 1.807) is 0 Å². The molecule has 0 unspecified atom stereocenters. The van der Waals surface area contributed by atoms with Gasteiger partial charge in [0, 0.05) is 17.1 Å². The Morgan fingerprint density at radius 1 is 1.11 bits per heavy atom. The van der Waals surface area contributed by atoms with E-state index in [0.717, 1.165) is 5.56 Å². The minimum atomic E-state index is 0. The number of hydrogen-bond acceptors (Lipinski definition) is 1. The van der Waals surface area contributed by atoms with E-state index < -0.39 is 0 Å². The first-order valence-corrected chi connectivity index (χ1v) is 2.58. The van der Waals surface area contributed by atoms with Gasteiger partial charge in [0.1, 0.15) is 0 Å². The monoisotopic (exact) mass is 164 g/mol. The van der Waals surface area contributed by atoms with E-state index in [9.17, 15) is 0 Å². The Balaban J connectivity index is 0.000000640. The molecule has 0 bridgehead atoms. The molecule has 0 aliphatic rings. The van der Waals surface area contributed by atoms with Crippen LogP contribution in [-0.4, -0.2) is 5.11 Å². The minimum Gasteiger partial charge on any atom is -0.392 e. The molecular weight excluding hydrogens is 156 g/mol. The van der Waals surface area contributed by atoms with Crippen LogP contribution >= 0.6 is 0 Å². The summed E-state index contributed by atoms with van der Waals surface area (Å²) >= 11 is 0. The van der Waals surface area contributed by atoms with Gasteiger partial charge in [-0.25, -0.2) is 0 Å². The third kappa shape index (κ3) is 2.66. The van der Waals surface area contributed by atoms with E-state index in [0.29, 0.717) is 0 Å². The van der Waals surface area contributed by atoms with Crippen molar-refractivity contribution in [1.82, 2.24) is 0 Å². The van der Waals surface area contributed by atoms with Gasteiger partial charge in [-0.15, -0.1) is 0 Å². The van der Waals surface area contributed by atoms with Gasteiger partial charge in [-0.3, -0.25) is 0 Å². The van der Waals surface area contributed by atoms with Crippen molar-refractivity contribution in [2.45, 2.75) is 6.61 Å². The van der Waals surface area contributed by atoms with E-state index in [-0.39, 0.29) is 23.7 Å². The SMILES string of the molecule is OCc1ccccc1.[Fe]. The summed E-state index contributed by atoms with van der Waals surface area (Å²) in [6.45, 7) is 0.140. The van der Waals surface area contributed by atoms with Gasteiger partial charge in [0.15, 0.2) is 0 Å². The molecule has 1 nitrogen and oxygen atoms in total. The van der Waals surface area contributed by atoms with Gasteiger partial charge >= 0.3 is 0 Å². The molecule has 0 atom stereocenters. The van der Waals surface area contributed by atoms with Crippen LogP contribution in [0.2, 0.25) is 0 Å². The van der Waals surface area contributed by atoms with Crippen molar-refractivity contribution in [2.75, 3.05) is 0 Å². The van der Waals surface area contributed by atoms with Crippen LogP contribution in [0, 0.1) is 0 Å². The Labute approximate surface area is 65.2 Å². The number of benzene rings is 1. The van der Waals surface area contributed by atoms with Crippen molar-refractivity contribution in [3.8, 4) is 0 Å². The number of rotatable bonds is 1. The van der Waals surface area contributed by atoms with Crippen LogP contribution in [0.4, 0.5) is 0 Å². The fraction of sp³-hybridized carbons (Fsp3) is 0.143. The molecule has 0 aliphatic heterocycles. The molecule has 0 saturated carbocycles. The maximum atomic E-state index is 8.54. The topological polar surface area (TPSA) is 20.2 Å². The van der Waals surface area contributed by atoms with E-state index in [4.69, 9.17) is 5.11 Å². The summed E-state index contributed by atoms with van der Waals surface area (Å²) in [7, 11) is 0. The predicted molar refractivity (Wildman–Crippen MR) is 32.4 cm³/mol. The van der Waals surface area contributed by atoms with Gasteiger partial charge in [-0.1, -0.05) is 30.3 Å². The fourth-order valence-corrected chi connectivity index (χ4v) is 0.583. The quantitative estimate of drug-likeness (QED) is 0.617. The summed E-state index contributed by atoms with van der Waals surface area (Å²) in [5.41, 5.74) is 0.965. The number of aliphatic hydroxyl groups excluding tert-OH is 1. The van der Waals surface area contributed by atoms with Crippen LogP contribution in [0.1, 0.15) is 5.56 Å². The van der Waals surface area contributed by atoms with E-state index in [1.165, 1.54) is 0 Å². The van der Waals surface area contributed by atoms with Gasteiger partial charge < -0.3 is 5.11 Å². The van der Waals surface area contributed by atoms with Crippen LogP contribution in [0.5, 0.6) is 0 Å². The molecule has 9 heavy (non-hydrogen) atoms. The molecule has 0 spiro atoms. The molecular formula is C7H8FeO. The van der Waals surface area contributed by atoms with Crippen LogP contribution in [0.15, 0.2) is 30.3 Å². The minimum absolute atomic E-state index is 0. The summed E-state index contributed by atoms with van der Waals surface area (Å²) in [5, 5.41) is 8.54. The Morgan fingerprint density at radius 2 is 1.67 bits per heavy atom. The molecule has 0 radical (unpaired) electrons. The second-order valence-corrected chi connectivity index (χ2v) is 1.64. The van der Waals surface area contributed by atoms with Crippen LogP contribution in [-0.2, 0) is 23.7 Å². The average molecular weight is 164 g/mol. The Bertz CT molecular complexity index is 150. The first kappa shape index (κ1) is 8.70. The Kier molecular flexibility index (Phi) is 4.41. The normalized spacial score (nSPS) is 8.11. The summed E-state index contributed by atoms with van der Waals surface area (Å²) < 4.78 is 0. The Hall–Kier alpha value is -0.301. The van der Waals surface area contributed by atoms with E-state index in [2.05, 4.69) is 0 Å². The summed E-state index contributed by atoms with van der Waals surface area (Å²) in [6, 6.07) is 9.52. The number of aliphatic hydroxyl groups is 1. The molecule has 1 aromatic rings. The van der Waals surface area contributed by atoms with Crippen molar-refractivity contribution in [2.24, 2.45) is 0 Å². The third-order valence-electron chi connectivity index (χ3n) is 1.03. The van der Waals surface area contributed by atoms with Crippen molar-refractivity contribution < 1.29 is 22.2 Å². The second kappa shape index (κ2) is 4.57. The van der Waals surface area contributed by atoms with Gasteiger partial charge in [0.2, 0.25) is 0 Å². The molecule has 0 aliphatic carbocycles. The molecule has 0 heterocycles.